The number of anilines is 2. The number of benzene rings is 2. The zero-order chi connectivity index (χ0) is 22.1. The molecule has 0 amide bonds. The van der Waals surface area contributed by atoms with Crippen molar-refractivity contribution in [2.45, 2.75) is 12.9 Å². The van der Waals surface area contributed by atoms with Crippen LogP contribution >= 0.6 is 0 Å². The lowest BCUT2D eigenvalue weighted by molar-refractivity contribution is -0.384. The van der Waals surface area contributed by atoms with Crippen molar-refractivity contribution in [3.8, 4) is 5.69 Å². The molecule has 12 heteroatoms. The van der Waals surface area contributed by atoms with Crippen LogP contribution in [0.2, 0.25) is 0 Å². The Bertz CT molecular complexity index is 1160. The van der Waals surface area contributed by atoms with Crippen molar-refractivity contribution in [2.24, 2.45) is 0 Å². The number of alkyl halides is 4. The average molecular weight is 426 g/mol. The molecule has 0 aliphatic carbocycles. The molecule has 156 valence electrons. The first kappa shape index (κ1) is 20.9. The van der Waals surface area contributed by atoms with Crippen LogP contribution in [0.15, 0.2) is 53.3 Å². The molecule has 7 nitrogen and oxygen atoms in total. The van der Waals surface area contributed by atoms with Crippen molar-refractivity contribution >= 4 is 17.3 Å². The van der Waals surface area contributed by atoms with E-state index in [-0.39, 0.29) is 11.4 Å². The van der Waals surface area contributed by atoms with Gasteiger partial charge in [-0.1, -0.05) is 0 Å². The van der Waals surface area contributed by atoms with Gasteiger partial charge in [0.15, 0.2) is 0 Å². The third-order valence-corrected chi connectivity index (χ3v) is 3.96. The normalized spacial score (nSPS) is 11.4. The predicted octanol–water partition coefficient (Wildman–Crippen LogP) is 4.51. The monoisotopic (exact) mass is 426 g/mol. The predicted molar refractivity (Wildman–Crippen MR) is 96.0 cm³/mol. The van der Waals surface area contributed by atoms with Crippen molar-refractivity contribution < 1.29 is 26.9 Å². The van der Waals surface area contributed by atoms with E-state index in [1.807, 2.05) is 0 Å². The lowest BCUT2D eigenvalue weighted by Crippen LogP contribution is -2.23. The summed E-state index contributed by atoms with van der Waals surface area (Å²) in [6.07, 6.45) is -4.81. The average Bonchev–Trinajstić information content (AvgIpc) is 2.68. The van der Waals surface area contributed by atoms with E-state index < -0.39 is 52.0 Å². The molecule has 0 aliphatic heterocycles. The Balaban J connectivity index is 2.17. The summed E-state index contributed by atoms with van der Waals surface area (Å²) in [5, 5.41) is 13.7. The fourth-order valence-electron chi connectivity index (χ4n) is 2.61. The van der Waals surface area contributed by atoms with Gasteiger partial charge >= 0.3 is 6.18 Å². The van der Waals surface area contributed by atoms with Crippen LogP contribution in [0.5, 0.6) is 0 Å². The highest BCUT2D eigenvalue weighted by molar-refractivity contribution is 5.68. The van der Waals surface area contributed by atoms with Crippen LogP contribution < -0.4 is 10.9 Å². The summed E-state index contributed by atoms with van der Waals surface area (Å²) in [6.45, 7) is -1.14. The lowest BCUT2D eigenvalue weighted by atomic mass is 10.1. The number of halogens is 5. The summed E-state index contributed by atoms with van der Waals surface area (Å²) < 4.78 is 65.8. The molecule has 0 radical (unpaired) electrons. The molecule has 0 bridgehead atoms. The Kier molecular flexibility index (Phi) is 5.49. The Morgan fingerprint density at radius 1 is 1.10 bits per heavy atom. The second-order valence-electron chi connectivity index (χ2n) is 5.97. The van der Waals surface area contributed by atoms with E-state index in [9.17, 15) is 36.9 Å². The molecule has 0 spiro atoms. The van der Waals surface area contributed by atoms with Gasteiger partial charge in [0.05, 0.1) is 21.9 Å². The molecule has 3 rings (SSSR count). The molecule has 0 atom stereocenters. The van der Waals surface area contributed by atoms with Crippen LogP contribution in [-0.2, 0) is 12.9 Å². The van der Waals surface area contributed by atoms with Crippen LogP contribution in [0.1, 0.15) is 11.3 Å². The van der Waals surface area contributed by atoms with Crippen molar-refractivity contribution in [3.05, 3.63) is 86.1 Å². The maximum atomic E-state index is 13.2. The molecule has 3 aromatic rings. The second kappa shape index (κ2) is 7.89. The Hall–Kier alpha value is -3.83. The molecule has 0 saturated heterocycles. The number of aromatic nitrogens is 2. The lowest BCUT2D eigenvalue weighted by Gasteiger charge is -2.15. The van der Waals surface area contributed by atoms with E-state index in [2.05, 4.69) is 10.3 Å². The van der Waals surface area contributed by atoms with E-state index in [0.29, 0.717) is 12.1 Å². The number of hydrogen-bond donors (Lipinski definition) is 1. The molecular formula is C18H11F5N4O3. The highest BCUT2D eigenvalue weighted by Gasteiger charge is 2.33. The molecule has 1 N–H and O–H groups in total. The van der Waals surface area contributed by atoms with Crippen molar-refractivity contribution in [3.63, 3.8) is 0 Å². The van der Waals surface area contributed by atoms with E-state index in [4.69, 9.17) is 0 Å². The van der Waals surface area contributed by atoms with Gasteiger partial charge in [0.2, 0.25) is 5.95 Å². The minimum Gasteiger partial charge on any atom is -0.319 e. The second-order valence-corrected chi connectivity index (χ2v) is 5.97. The first-order chi connectivity index (χ1) is 14.1. The Morgan fingerprint density at radius 3 is 2.33 bits per heavy atom. The Labute approximate surface area is 164 Å². The van der Waals surface area contributed by atoms with Gasteiger partial charge in [-0.25, -0.2) is 18.3 Å². The summed E-state index contributed by atoms with van der Waals surface area (Å²) in [4.78, 5) is 26.5. The molecule has 0 unspecified atom stereocenters. The van der Waals surface area contributed by atoms with E-state index >= 15 is 0 Å². The van der Waals surface area contributed by atoms with Crippen LogP contribution in [0.4, 0.5) is 39.3 Å². The summed E-state index contributed by atoms with van der Waals surface area (Å²) in [5.41, 5.74) is -3.60. The highest BCUT2D eigenvalue weighted by Crippen LogP contribution is 2.36. The minimum absolute atomic E-state index is 0.0939. The summed E-state index contributed by atoms with van der Waals surface area (Å²) >= 11 is 0. The van der Waals surface area contributed by atoms with Gasteiger partial charge in [-0.3, -0.25) is 14.9 Å². The fourth-order valence-corrected chi connectivity index (χ4v) is 2.61. The number of nitrogens with one attached hydrogen (secondary N) is 1. The summed E-state index contributed by atoms with van der Waals surface area (Å²) in [7, 11) is 0. The van der Waals surface area contributed by atoms with Crippen molar-refractivity contribution in [2.75, 3.05) is 5.32 Å². The SMILES string of the molecule is O=c1cc(CF)nc(Nc2ccc(C(F)(F)F)cc2[N+](=O)[O-])n1-c1ccc(F)cc1. The summed E-state index contributed by atoms with van der Waals surface area (Å²) in [6, 6.07) is 7.08. The first-order valence-corrected chi connectivity index (χ1v) is 8.17. The van der Waals surface area contributed by atoms with Gasteiger partial charge in [0.1, 0.15) is 18.2 Å². The fraction of sp³-hybridized carbons (Fsp3) is 0.111. The van der Waals surface area contributed by atoms with Gasteiger partial charge in [-0.05, 0) is 36.4 Å². The smallest absolute Gasteiger partial charge is 0.319 e. The number of nitro benzene ring substituents is 1. The molecule has 1 aromatic heterocycles. The molecule has 1 heterocycles. The van der Waals surface area contributed by atoms with Crippen LogP contribution in [0.3, 0.4) is 0 Å². The van der Waals surface area contributed by atoms with Crippen LogP contribution in [-0.4, -0.2) is 14.5 Å². The van der Waals surface area contributed by atoms with E-state index in [1.165, 1.54) is 12.1 Å². The van der Waals surface area contributed by atoms with Gasteiger partial charge in [0, 0.05) is 12.1 Å². The van der Waals surface area contributed by atoms with Crippen LogP contribution in [0, 0.1) is 15.9 Å². The maximum Gasteiger partial charge on any atom is 0.416 e. The van der Waals surface area contributed by atoms with E-state index in [1.54, 1.807) is 0 Å². The molecule has 2 aromatic carbocycles. The number of nitro groups is 1. The van der Waals surface area contributed by atoms with Crippen LogP contribution in [0.25, 0.3) is 5.69 Å². The van der Waals surface area contributed by atoms with Gasteiger partial charge < -0.3 is 5.32 Å². The maximum absolute atomic E-state index is 13.2. The quantitative estimate of drug-likeness (QED) is 0.368. The van der Waals surface area contributed by atoms with Gasteiger partial charge in [-0.15, -0.1) is 0 Å². The summed E-state index contributed by atoms with van der Waals surface area (Å²) in [5.74, 6) is -1.00. The molecular weight excluding hydrogens is 415 g/mol. The third-order valence-electron chi connectivity index (χ3n) is 3.96. The van der Waals surface area contributed by atoms with Gasteiger partial charge in [0.25, 0.3) is 11.2 Å². The highest BCUT2D eigenvalue weighted by atomic mass is 19.4. The minimum atomic E-state index is -4.81. The molecule has 0 fully saturated rings. The topological polar surface area (TPSA) is 90.1 Å². The zero-order valence-electron chi connectivity index (χ0n) is 14.8. The van der Waals surface area contributed by atoms with Crippen molar-refractivity contribution in [1.82, 2.24) is 9.55 Å². The van der Waals surface area contributed by atoms with Gasteiger partial charge in [-0.2, -0.15) is 13.2 Å². The number of nitrogens with zero attached hydrogens (tertiary/aromatic N) is 3. The standard InChI is InChI=1S/C18H11F5N4O3/c19-9-12-8-16(28)26(13-4-2-11(20)3-5-13)17(24-12)25-14-6-1-10(18(21,22)23)7-15(14)27(29)30/h1-8H,9H2,(H,24,25). The molecule has 0 saturated carbocycles. The largest absolute Gasteiger partial charge is 0.416 e. The first-order valence-electron chi connectivity index (χ1n) is 8.17. The van der Waals surface area contributed by atoms with E-state index in [0.717, 1.165) is 28.8 Å². The van der Waals surface area contributed by atoms with Crippen molar-refractivity contribution in [1.29, 1.82) is 0 Å². The molecule has 30 heavy (non-hydrogen) atoms. The third kappa shape index (κ3) is 4.26. The molecule has 0 aliphatic rings. The Morgan fingerprint density at radius 2 is 1.77 bits per heavy atom. The number of hydrogen-bond acceptors (Lipinski definition) is 5. The zero-order valence-corrected chi connectivity index (χ0v) is 14.8. The number of rotatable bonds is 5.